The Morgan fingerprint density at radius 2 is 2.57 bits per heavy atom. The number of rotatable bonds is 3. The van der Waals surface area contributed by atoms with Crippen LogP contribution in [-0.2, 0) is 11.8 Å². The molecular weight excluding hydrogens is 186 g/mol. The van der Waals surface area contributed by atoms with Gasteiger partial charge < -0.3 is 9.94 Å². The SMILES string of the molecule is CCOC(=O)c1cc(/C=N/O)nn1C. The predicted molar refractivity (Wildman–Crippen MR) is 48.5 cm³/mol. The maximum absolute atomic E-state index is 11.3. The van der Waals surface area contributed by atoms with Crippen molar-refractivity contribution < 1.29 is 14.7 Å². The molecule has 0 aromatic carbocycles. The Morgan fingerprint density at radius 3 is 3.14 bits per heavy atom. The number of oxime groups is 1. The summed E-state index contributed by atoms with van der Waals surface area (Å²) in [5.41, 5.74) is 0.722. The van der Waals surface area contributed by atoms with Gasteiger partial charge >= 0.3 is 5.97 Å². The Balaban J connectivity index is 2.92. The van der Waals surface area contributed by atoms with Crippen LogP contribution in [-0.4, -0.2) is 33.8 Å². The fourth-order valence-electron chi connectivity index (χ4n) is 1.01. The summed E-state index contributed by atoms with van der Waals surface area (Å²) in [6.45, 7) is 2.04. The van der Waals surface area contributed by atoms with Gasteiger partial charge in [0.15, 0.2) is 0 Å². The monoisotopic (exact) mass is 197 g/mol. The van der Waals surface area contributed by atoms with Crippen molar-refractivity contribution in [2.45, 2.75) is 6.92 Å². The van der Waals surface area contributed by atoms with E-state index in [1.165, 1.54) is 10.7 Å². The zero-order valence-corrected chi connectivity index (χ0v) is 7.97. The van der Waals surface area contributed by atoms with Crippen LogP contribution in [0.15, 0.2) is 11.2 Å². The molecule has 6 nitrogen and oxygen atoms in total. The average Bonchev–Trinajstić information content (AvgIpc) is 2.48. The molecule has 1 heterocycles. The van der Waals surface area contributed by atoms with E-state index >= 15 is 0 Å². The van der Waals surface area contributed by atoms with E-state index < -0.39 is 5.97 Å². The second-order valence-electron chi connectivity index (χ2n) is 2.54. The molecule has 0 spiro atoms. The minimum Gasteiger partial charge on any atom is -0.461 e. The van der Waals surface area contributed by atoms with Crippen LogP contribution in [0.2, 0.25) is 0 Å². The zero-order chi connectivity index (χ0) is 10.6. The number of carbonyl (C=O) groups is 1. The molecule has 0 aliphatic rings. The Hall–Kier alpha value is -1.85. The lowest BCUT2D eigenvalue weighted by molar-refractivity contribution is 0.0513. The molecule has 1 rings (SSSR count). The van der Waals surface area contributed by atoms with E-state index in [9.17, 15) is 4.79 Å². The lowest BCUT2D eigenvalue weighted by Crippen LogP contribution is -2.10. The molecule has 6 heteroatoms. The van der Waals surface area contributed by atoms with Crippen LogP contribution < -0.4 is 0 Å². The summed E-state index contributed by atoms with van der Waals surface area (Å²) in [5, 5.41) is 15.0. The van der Waals surface area contributed by atoms with E-state index in [1.54, 1.807) is 14.0 Å². The first-order chi connectivity index (χ1) is 6.69. The Kier molecular flexibility index (Phi) is 3.22. The highest BCUT2D eigenvalue weighted by Crippen LogP contribution is 2.03. The molecule has 0 radical (unpaired) electrons. The summed E-state index contributed by atoms with van der Waals surface area (Å²) in [5.74, 6) is -0.444. The van der Waals surface area contributed by atoms with Gasteiger partial charge in [0.1, 0.15) is 11.4 Å². The van der Waals surface area contributed by atoms with Crippen LogP contribution in [0.3, 0.4) is 0 Å². The van der Waals surface area contributed by atoms with Gasteiger partial charge in [-0.05, 0) is 6.92 Å². The lowest BCUT2D eigenvalue weighted by atomic mass is 10.3. The molecule has 0 fully saturated rings. The first kappa shape index (κ1) is 10.2. The molecule has 1 aromatic rings. The fourth-order valence-corrected chi connectivity index (χ4v) is 1.01. The van der Waals surface area contributed by atoms with Gasteiger partial charge in [-0.2, -0.15) is 5.10 Å². The van der Waals surface area contributed by atoms with Crippen LogP contribution in [0.5, 0.6) is 0 Å². The van der Waals surface area contributed by atoms with Crippen LogP contribution >= 0.6 is 0 Å². The van der Waals surface area contributed by atoms with E-state index in [4.69, 9.17) is 9.94 Å². The highest BCUT2D eigenvalue weighted by Gasteiger charge is 2.12. The van der Waals surface area contributed by atoms with Crippen molar-refractivity contribution in [2.24, 2.45) is 12.2 Å². The maximum atomic E-state index is 11.3. The Labute approximate surface area is 80.8 Å². The van der Waals surface area contributed by atoms with Gasteiger partial charge in [0.2, 0.25) is 0 Å². The normalized spacial score (nSPS) is 10.7. The van der Waals surface area contributed by atoms with Crippen molar-refractivity contribution in [1.82, 2.24) is 9.78 Å². The molecule has 1 N–H and O–H groups in total. The zero-order valence-electron chi connectivity index (χ0n) is 7.97. The molecule has 0 bridgehead atoms. The Bertz CT molecular complexity index is 357. The van der Waals surface area contributed by atoms with E-state index in [-0.39, 0.29) is 0 Å². The second-order valence-corrected chi connectivity index (χ2v) is 2.54. The summed E-state index contributed by atoms with van der Waals surface area (Å²) in [6, 6.07) is 1.48. The molecule has 0 aliphatic carbocycles. The first-order valence-corrected chi connectivity index (χ1v) is 4.07. The van der Waals surface area contributed by atoms with Gasteiger partial charge in [-0.15, -0.1) is 0 Å². The predicted octanol–water partition coefficient (Wildman–Crippen LogP) is 0.405. The van der Waals surface area contributed by atoms with Crippen LogP contribution in [0.4, 0.5) is 0 Å². The highest BCUT2D eigenvalue weighted by molar-refractivity contribution is 5.90. The lowest BCUT2D eigenvalue weighted by Gasteiger charge is -1.99. The molecule has 0 amide bonds. The topological polar surface area (TPSA) is 76.7 Å². The Morgan fingerprint density at radius 1 is 1.86 bits per heavy atom. The van der Waals surface area contributed by atoms with Gasteiger partial charge in [0, 0.05) is 13.1 Å². The number of nitrogens with zero attached hydrogens (tertiary/aromatic N) is 3. The van der Waals surface area contributed by atoms with Crippen molar-refractivity contribution in [1.29, 1.82) is 0 Å². The molecule has 14 heavy (non-hydrogen) atoms. The highest BCUT2D eigenvalue weighted by atomic mass is 16.5. The summed E-state index contributed by atoms with van der Waals surface area (Å²) < 4.78 is 6.16. The molecule has 0 atom stereocenters. The molecule has 0 saturated heterocycles. The van der Waals surface area contributed by atoms with Crippen LogP contribution in [0.25, 0.3) is 0 Å². The van der Waals surface area contributed by atoms with Crippen LogP contribution in [0.1, 0.15) is 23.1 Å². The molecule has 0 aliphatic heterocycles. The summed E-state index contributed by atoms with van der Waals surface area (Å²) >= 11 is 0. The summed E-state index contributed by atoms with van der Waals surface area (Å²) in [4.78, 5) is 11.3. The minimum atomic E-state index is -0.444. The van der Waals surface area contributed by atoms with Crippen molar-refractivity contribution in [2.75, 3.05) is 6.61 Å². The largest absolute Gasteiger partial charge is 0.461 e. The number of hydrogen-bond acceptors (Lipinski definition) is 5. The van der Waals surface area contributed by atoms with Gasteiger partial charge in [-0.1, -0.05) is 5.16 Å². The molecular formula is C8H11N3O3. The number of ether oxygens (including phenoxy) is 1. The van der Waals surface area contributed by atoms with Gasteiger partial charge in [0.25, 0.3) is 0 Å². The number of esters is 1. The minimum absolute atomic E-state index is 0.313. The maximum Gasteiger partial charge on any atom is 0.356 e. The van der Waals surface area contributed by atoms with Crippen molar-refractivity contribution >= 4 is 12.2 Å². The van der Waals surface area contributed by atoms with Crippen molar-refractivity contribution in [3.8, 4) is 0 Å². The first-order valence-electron chi connectivity index (χ1n) is 4.07. The molecule has 76 valence electrons. The third-order valence-electron chi connectivity index (χ3n) is 1.57. The third-order valence-corrected chi connectivity index (χ3v) is 1.57. The van der Waals surface area contributed by atoms with Gasteiger partial charge in [-0.25, -0.2) is 4.79 Å². The third kappa shape index (κ3) is 2.09. The number of hydrogen-bond donors (Lipinski definition) is 1. The van der Waals surface area contributed by atoms with E-state index in [0.29, 0.717) is 18.0 Å². The van der Waals surface area contributed by atoms with Crippen molar-refractivity contribution in [3.63, 3.8) is 0 Å². The molecule has 1 aromatic heterocycles. The summed E-state index contributed by atoms with van der Waals surface area (Å²) in [6.07, 6.45) is 1.14. The fraction of sp³-hybridized carbons (Fsp3) is 0.375. The van der Waals surface area contributed by atoms with Gasteiger partial charge in [0.05, 0.1) is 12.8 Å². The van der Waals surface area contributed by atoms with E-state index in [0.717, 1.165) is 6.21 Å². The van der Waals surface area contributed by atoms with E-state index in [2.05, 4.69) is 10.3 Å². The summed E-state index contributed by atoms with van der Waals surface area (Å²) in [7, 11) is 1.61. The number of aromatic nitrogens is 2. The van der Waals surface area contributed by atoms with Crippen LogP contribution in [0, 0.1) is 0 Å². The smallest absolute Gasteiger partial charge is 0.356 e. The second kappa shape index (κ2) is 4.40. The molecule has 0 unspecified atom stereocenters. The van der Waals surface area contributed by atoms with Crippen molar-refractivity contribution in [3.05, 3.63) is 17.5 Å². The number of carbonyl (C=O) groups excluding carboxylic acids is 1. The van der Waals surface area contributed by atoms with Gasteiger partial charge in [-0.3, -0.25) is 4.68 Å². The number of aryl methyl sites for hydroxylation is 1. The van der Waals surface area contributed by atoms with E-state index in [1.807, 2.05) is 0 Å². The quantitative estimate of drug-likeness (QED) is 0.329. The average molecular weight is 197 g/mol. The standard InChI is InChI=1S/C8H11N3O3/c1-3-14-8(12)7-4-6(5-9-13)10-11(7)2/h4-5,13H,3H2,1-2H3/b9-5+. The molecule has 0 saturated carbocycles.